The summed E-state index contributed by atoms with van der Waals surface area (Å²) < 4.78 is 5.37. The molecule has 0 radical (unpaired) electrons. The third kappa shape index (κ3) is 11.2. The van der Waals surface area contributed by atoms with E-state index in [4.69, 9.17) is 9.73 Å². The summed E-state index contributed by atoms with van der Waals surface area (Å²) in [6.45, 7) is 14.6. The van der Waals surface area contributed by atoms with E-state index >= 15 is 0 Å². The highest BCUT2D eigenvalue weighted by Crippen LogP contribution is 2.07. The molecule has 5 nitrogen and oxygen atoms in total. The van der Waals surface area contributed by atoms with Crippen LogP contribution in [0.3, 0.4) is 0 Å². The lowest BCUT2D eigenvalue weighted by Crippen LogP contribution is -2.39. The number of morpholine rings is 1. The van der Waals surface area contributed by atoms with Gasteiger partial charge in [-0.1, -0.05) is 26.7 Å². The minimum Gasteiger partial charge on any atom is -0.379 e. The normalized spacial score (nSPS) is 16.3. The van der Waals surface area contributed by atoms with Gasteiger partial charge in [-0.3, -0.25) is 9.89 Å². The molecule has 0 amide bonds. The predicted molar refractivity (Wildman–Crippen MR) is 110 cm³/mol. The maximum Gasteiger partial charge on any atom is 0.191 e. The highest BCUT2D eigenvalue weighted by atomic mass is 127. The van der Waals surface area contributed by atoms with Gasteiger partial charge in [-0.15, -0.1) is 24.0 Å². The summed E-state index contributed by atoms with van der Waals surface area (Å²) in [5.41, 5.74) is 0. The van der Waals surface area contributed by atoms with Gasteiger partial charge in [-0.2, -0.15) is 0 Å². The van der Waals surface area contributed by atoms with Crippen LogP contribution in [0, 0.1) is 5.92 Å². The Labute approximate surface area is 160 Å². The second-order valence-corrected chi connectivity index (χ2v) is 5.99. The van der Waals surface area contributed by atoms with E-state index in [0.717, 1.165) is 51.9 Å². The van der Waals surface area contributed by atoms with Crippen LogP contribution in [0.25, 0.3) is 0 Å². The molecule has 1 fully saturated rings. The second-order valence-electron chi connectivity index (χ2n) is 5.99. The van der Waals surface area contributed by atoms with E-state index in [9.17, 15) is 0 Å². The Morgan fingerprint density at radius 1 is 1.09 bits per heavy atom. The molecule has 1 aliphatic heterocycles. The number of aliphatic imine (C=N–C) groups is 1. The first kappa shape index (κ1) is 22.9. The molecule has 0 saturated carbocycles. The van der Waals surface area contributed by atoms with E-state index in [0.29, 0.717) is 5.92 Å². The minimum atomic E-state index is 0. The lowest BCUT2D eigenvalue weighted by atomic mass is 10.0. The van der Waals surface area contributed by atoms with Crippen molar-refractivity contribution in [1.82, 2.24) is 15.5 Å². The maximum atomic E-state index is 5.37. The number of halogens is 1. The summed E-state index contributed by atoms with van der Waals surface area (Å²) in [4.78, 5) is 7.21. The topological polar surface area (TPSA) is 48.9 Å². The molecule has 0 atom stereocenters. The molecule has 1 heterocycles. The number of nitrogens with one attached hydrogen (secondary N) is 2. The van der Waals surface area contributed by atoms with Crippen molar-refractivity contribution in [3.8, 4) is 0 Å². The first-order valence-electron chi connectivity index (χ1n) is 9.12. The van der Waals surface area contributed by atoms with Gasteiger partial charge in [0.15, 0.2) is 5.96 Å². The van der Waals surface area contributed by atoms with Crippen molar-refractivity contribution in [1.29, 1.82) is 0 Å². The van der Waals surface area contributed by atoms with Gasteiger partial charge < -0.3 is 15.4 Å². The fourth-order valence-electron chi connectivity index (χ4n) is 2.60. The minimum absolute atomic E-state index is 0. The largest absolute Gasteiger partial charge is 0.379 e. The molecule has 6 heteroatoms. The van der Waals surface area contributed by atoms with Crippen LogP contribution in [0.15, 0.2) is 4.99 Å². The van der Waals surface area contributed by atoms with Gasteiger partial charge in [-0.25, -0.2) is 0 Å². The number of nitrogens with zero attached hydrogens (tertiary/aromatic N) is 2. The molecule has 0 bridgehead atoms. The van der Waals surface area contributed by atoms with Crippen molar-refractivity contribution >= 4 is 29.9 Å². The lowest BCUT2D eigenvalue weighted by Gasteiger charge is -2.26. The van der Waals surface area contributed by atoms with Crippen LogP contribution in [0.2, 0.25) is 0 Å². The van der Waals surface area contributed by atoms with Crippen molar-refractivity contribution in [2.75, 3.05) is 52.5 Å². The van der Waals surface area contributed by atoms with Crippen LogP contribution in [-0.2, 0) is 4.74 Å². The second kappa shape index (κ2) is 15.4. The van der Waals surface area contributed by atoms with Crippen LogP contribution in [0.4, 0.5) is 0 Å². The molecule has 0 spiro atoms. The zero-order valence-electron chi connectivity index (χ0n) is 15.3. The van der Waals surface area contributed by atoms with E-state index in [-0.39, 0.29) is 24.0 Å². The molecule has 0 aromatic rings. The summed E-state index contributed by atoms with van der Waals surface area (Å²) >= 11 is 0. The Hall–Kier alpha value is -0.0800. The van der Waals surface area contributed by atoms with Gasteiger partial charge in [0, 0.05) is 32.7 Å². The number of hydrogen-bond acceptors (Lipinski definition) is 3. The Kier molecular flexibility index (Phi) is 15.4. The number of hydrogen-bond donors (Lipinski definition) is 2. The van der Waals surface area contributed by atoms with E-state index in [1.807, 2.05) is 0 Å². The number of ether oxygens (including phenoxy) is 1. The van der Waals surface area contributed by atoms with Crippen molar-refractivity contribution in [3.63, 3.8) is 0 Å². The monoisotopic (exact) mass is 440 g/mol. The number of guanidine groups is 1. The molecule has 138 valence electrons. The van der Waals surface area contributed by atoms with Crippen molar-refractivity contribution in [2.24, 2.45) is 10.9 Å². The van der Waals surface area contributed by atoms with Crippen molar-refractivity contribution < 1.29 is 4.74 Å². The molecule has 0 unspecified atom stereocenters. The zero-order valence-corrected chi connectivity index (χ0v) is 17.6. The molecule has 2 N–H and O–H groups in total. The first-order valence-corrected chi connectivity index (χ1v) is 9.12. The summed E-state index contributed by atoms with van der Waals surface area (Å²) in [6.07, 6.45) is 4.84. The molecule has 1 aliphatic rings. The van der Waals surface area contributed by atoms with Gasteiger partial charge in [0.1, 0.15) is 0 Å². The molecule has 0 aromatic heterocycles. The molecule has 0 aliphatic carbocycles. The Morgan fingerprint density at radius 3 is 2.39 bits per heavy atom. The highest BCUT2D eigenvalue weighted by Gasteiger charge is 2.09. The Bertz CT molecular complexity index is 292. The fourth-order valence-corrected chi connectivity index (χ4v) is 2.60. The van der Waals surface area contributed by atoms with Gasteiger partial charge in [0.2, 0.25) is 0 Å². The average molecular weight is 440 g/mol. The molecule has 0 aromatic carbocycles. The number of unbranched alkanes of at least 4 members (excludes halogenated alkanes) is 1. The SMILES string of the molecule is CCNC(=NCC(CC)CC)NCCCCN1CCOCC1.I. The van der Waals surface area contributed by atoms with Crippen LogP contribution in [0.1, 0.15) is 46.5 Å². The quantitative estimate of drug-likeness (QED) is 0.237. The molecule has 1 saturated heterocycles. The van der Waals surface area contributed by atoms with Crippen molar-refractivity contribution in [3.05, 3.63) is 0 Å². The molecule has 1 rings (SSSR count). The summed E-state index contributed by atoms with van der Waals surface area (Å²) in [5.74, 6) is 1.68. The summed E-state index contributed by atoms with van der Waals surface area (Å²) in [5, 5.41) is 6.80. The van der Waals surface area contributed by atoms with Crippen LogP contribution in [-0.4, -0.2) is 63.3 Å². The van der Waals surface area contributed by atoms with Gasteiger partial charge >= 0.3 is 0 Å². The fraction of sp³-hybridized carbons (Fsp3) is 0.941. The van der Waals surface area contributed by atoms with E-state index < -0.39 is 0 Å². The Balaban J connectivity index is 0.00000484. The maximum absolute atomic E-state index is 5.37. The Morgan fingerprint density at radius 2 is 1.78 bits per heavy atom. The van der Waals surface area contributed by atoms with E-state index in [2.05, 4.69) is 36.3 Å². The first-order chi connectivity index (χ1) is 10.8. The zero-order chi connectivity index (χ0) is 16.0. The van der Waals surface area contributed by atoms with Gasteiger partial charge in [0.25, 0.3) is 0 Å². The van der Waals surface area contributed by atoms with E-state index in [1.54, 1.807) is 0 Å². The third-order valence-electron chi connectivity index (χ3n) is 4.30. The smallest absolute Gasteiger partial charge is 0.191 e. The third-order valence-corrected chi connectivity index (χ3v) is 4.30. The highest BCUT2D eigenvalue weighted by molar-refractivity contribution is 14.0. The summed E-state index contributed by atoms with van der Waals surface area (Å²) in [6, 6.07) is 0. The molecular formula is C17H37IN4O. The van der Waals surface area contributed by atoms with Gasteiger partial charge in [0.05, 0.1) is 13.2 Å². The number of rotatable bonds is 10. The standard InChI is InChI=1S/C17H36N4O.HI/c1-4-16(5-2)15-20-17(18-6-3)19-9-7-8-10-21-11-13-22-14-12-21;/h16H,4-15H2,1-3H3,(H2,18,19,20);1H. The van der Waals surface area contributed by atoms with Crippen LogP contribution < -0.4 is 10.6 Å². The van der Waals surface area contributed by atoms with Crippen LogP contribution >= 0.6 is 24.0 Å². The lowest BCUT2D eigenvalue weighted by molar-refractivity contribution is 0.0372. The summed E-state index contributed by atoms with van der Waals surface area (Å²) in [7, 11) is 0. The van der Waals surface area contributed by atoms with E-state index in [1.165, 1.54) is 32.2 Å². The predicted octanol–water partition coefficient (Wildman–Crippen LogP) is 2.71. The molecular weight excluding hydrogens is 403 g/mol. The average Bonchev–Trinajstić information content (AvgIpc) is 2.56. The molecule has 23 heavy (non-hydrogen) atoms. The van der Waals surface area contributed by atoms with Gasteiger partial charge in [-0.05, 0) is 32.2 Å². The van der Waals surface area contributed by atoms with Crippen molar-refractivity contribution in [2.45, 2.75) is 46.5 Å². The van der Waals surface area contributed by atoms with Crippen LogP contribution in [0.5, 0.6) is 0 Å².